The summed E-state index contributed by atoms with van der Waals surface area (Å²) in [7, 11) is 0. The molecule has 0 bridgehead atoms. The summed E-state index contributed by atoms with van der Waals surface area (Å²) in [6, 6.07) is 2.55. The van der Waals surface area contributed by atoms with Crippen molar-refractivity contribution in [3.8, 4) is 0 Å². The van der Waals surface area contributed by atoms with Gasteiger partial charge in [0.25, 0.3) is 0 Å². The molecule has 0 radical (unpaired) electrons. The van der Waals surface area contributed by atoms with E-state index in [1.54, 1.807) is 0 Å². The molecule has 2 rings (SSSR count). The second-order valence-electron chi connectivity index (χ2n) is 4.64. The monoisotopic (exact) mass is 235 g/mol. The third-order valence-electron chi connectivity index (χ3n) is 3.19. The van der Waals surface area contributed by atoms with Crippen LogP contribution in [-0.4, -0.2) is 28.8 Å². The molecule has 0 aliphatic heterocycles. The summed E-state index contributed by atoms with van der Waals surface area (Å²) in [6.07, 6.45) is 7.46. The lowest BCUT2D eigenvalue weighted by Crippen LogP contribution is -2.28. The highest BCUT2D eigenvalue weighted by Gasteiger charge is 2.18. The quantitative estimate of drug-likeness (QED) is 0.749. The van der Waals surface area contributed by atoms with Crippen LogP contribution in [0.15, 0.2) is 18.5 Å². The molecule has 1 heterocycles. The van der Waals surface area contributed by atoms with Crippen molar-refractivity contribution < 1.29 is 5.11 Å². The van der Waals surface area contributed by atoms with E-state index < -0.39 is 0 Å². The van der Waals surface area contributed by atoms with Crippen LogP contribution in [0.1, 0.15) is 32.6 Å². The number of aliphatic hydroxyl groups excluding tert-OH is 1. The Kier molecular flexibility index (Phi) is 4.20. The highest BCUT2D eigenvalue weighted by Crippen LogP contribution is 2.22. The highest BCUT2D eigenvalue weighted by atomic mass is 16.3. The van der Waals surface area contributed by atoms with Gasteiger partial charge in [0.2, 0.25) is 0 Å². The van der Waals surface area contributed by atoms with Gasteiger partial charge in [-0.25, -0.2) is 0 Å². The lowest BCUT2D eigenvalue weighted by Gasteiger charge is -2.27. The smallest absolute Gasteiger partial charge is 0.0549 e. The Balaban J connectivity index is 1.91. The number of pyridine rings is 1. The molecule has 0 aromatic carbocycles. The predicted octanol–water partition coefficient (Wildman–Crippen LogP) is 2.23. The van der Waals surface area contributed by atoms with Gasteiger partial charge in [-0.05, 0) is 38.7 Å². The molecule has 94 valence electrons. The highest BCUT2D eigenvalue weighted by molar-refractivity contribution is 5.54. The van der Waals surface area contributed by atoms with Gasteiger partial charge in [-0.1, -0.05) is 0 Å². The molecular formula is C13H21N3O. The summed E-state index contributed by atoms with van der Waals surface area (Å²) in [6.45, 7) is 2.98. The van der Waals surface area contributed by atoms with E-state index in [1.165, 1.54) is 0 Å². The Morgan fingerprint density at radius 1 is 1.24 bits per heavy atom. The van der Waals surface area contributed by atoms with E-state index in [-0.39, 0.29) is 6.10 Å². The normalized spacial score (nSPS) is 24.4. The van der Waals surface area contributed by atoms with Crippen molar-refractivity contribution >= 4 is 11.4 Å². The molecule has 1 aromatic heterocycles. The van der Waals surface area contributed by atoms with Gasteiger partial charge < -0.3 is 15.7 Å². The standard InChI is InChI=1S/C13H21N3O/c1-2-15-11-7-12(9-14-8-11)16-10-3-5-13(17)6-4-10/h7-10,13,15-17H,2-6H2,1H3. The zero-order chi connectivity index (χ0) is 12.1. The van der Waals surface area contributed by atoms with Gasteiger partial charge in [0, 0.05) is 12.6 Å². The van der Waals surface area contributed by atoms with Crippen molar-refractivity contribution in [2.24, 2.45) is 0 Å². The van der Waals surface area contributed by atoms with Gasteiger partial charge in [-0.2, -0.15) is 0 Å². The molecule has 1 aromatic rings. The third kappa shape index (κ3) is 3.60. The minimum atomic E-state index is -0.0979. The van der Waals surface area contributed by atoms with Crippen molar-refractivity contribution in [1.82, 2.24) is 4.98 Å². The molecule has 0 saturated heterocycles. The summed E-state index contributed by atoms with van der Waals surface area (Å²) in [5, 5.41) is 16.2. The van der Waals surface area contributed by atoms with Crippen molar-refractivity contribution in [2.45, 2.75) is 44.8 Å². The van der Waals surface area contributed by atoms with E-state index in [9.17, 15) is 5.11 Å². The van der Waals surface area contributed by atoms with Crippen LogP contribution in [0.25, 0.3) is 0 Å². The van der Waals surface area contributed by atoms with Gasteiger partial charge in [0.15, 0.2) is 0 Å². The fraction of sp³-hybridized carbons (Fsp3) is 0.615. The maximum absolute atomic E-state index is 9.46. The first-order valence-corrected chi connectivity index (χ1v) is 6.41. The molecule has 1 fully saturated rings. The molecule has 0 atom stereocenters. The molecule has 1 saturated carbocycles. The van der Waals surface area contributed by atoms with Crippen molar-refractivity contribution in [3.63, 3.8) is 0 Å². The van der Waals surface area contributed by atoms with Crippen molar-refractivity contribution in [1.29, 1.82) is 0 Å². The minimum Gasteiger partial charge on any atom is -0.393 e. The average Bonchev–Trinajstić information content (AvgIpc) is 2.33. The average molecular weight is 235 g/mol. The van der Waals surface area contributed by atoms with Crippen LogP contribution in [0.5, 0.6) is 0 Å². The number of anilines is 2. The number of nitrogens with zero attached hydrogens (tertiary/aromatic N) is 1. The number of nitrogens with one attached hydrogen (secondary N) is 2. The van der Waals surface area contributed by atoms with Crippen LogP contribution < -0.4 is 10.6 Å². The second-order valence-corrected chi connectivity index (χ2v) is 4.64. The molecule has 3 N–H and O–H groups in total. The molecule has 4 heteroatoms. The first-order chi connectivity index (χ1) is 8.28. The first-order valence-electron chi connectivity index (χ1n) is 6.41. The van der Waals surface area contributed by atoms with Crippen LogP contribution in [0.3, 0.4) is 0 Å². The van der Waals surface area contributed by atoms with E-state index in [0.29, 0.717) is 6.04 Å². The van der Waals surface area contributed by atoms with Gasteiger partial charge in [0.1, 0.15) is 0 Å². The fourth-order valence-electron chi connectivity index (χ4n) is 2.28. The summed E-state index contributed by atoms with van der Waals surface area (Å²) in [5.74, 6) is 0. The van der Waals surface area contributed by atoms with E-state index >= 15 is 0 Å². The van der Waals surface area contributed by atoms with Gasteiger partial charge >= 0.3 is 0 Å². The first kappa shape index (κ1) is 12.2. The Morgan fingerprint density at radius 2 is 1.94 bits per heavy atom. The summed E-state index contributed by atoms with van der Waals surface area (Å²) in [5.41, 5.74) is 2.11. The van der Waals surface area contributed by atoms with Crippen LogP contribution in [0, 0.1) is 0 Å². The molecule has 17 heavy (non-hydrogen) atoms. The van der Waals surface area contributed by atoms with Crippen LogP contribution >= 0.6 is 0 Å². The Morgan fingerprint density at radius 3 is 2.65 bits per heavy atom. The maximum atomic E-state index is 9.46. The fourth-order valence-corrected chi connectivity index (χ4v) is 2.28. The number of hydrogen-bond acceptors (Lipinski definition) is 4. The van der Waals surface area contributed by atoms with Crippen LogP contribution in [0.2, 0.25) is 0 Å². The Labute approximate surface area is 102 Å². The SMILES string of the molecule is CCNc1cncc(NC2CCC(O)CC2)c1. The van der Waals surface area contributed by atoms with Crippen molar-refractivity contribution in [3.05, 3.63) is 18.5 Å². The van der Waals surface area contributed by atoms with E-state index in [4.69, 9.17) is 0 Å². The minimum absolute atomic E-state index is 0.0979. The zero-order valence-electron chi connectivity index (χ0n) is 10.3. The third-order valence-corrected chi connectivity index (χ3v) is 3.19. The van der Waals surface area contributed by atoms with Gasteiger partial charge in [-0.3, -0.25) is 4.98 Å². The topological polar surface area (TPSA) is 57.2 Å². The molecule has 1 aliphatic rings. The molecule has 1 aliphatic carbocycles. The van der Waals surface area contributed by atoms with E-state index in [1.807, 2.05) is 12.4 Å². The molecule has 0 amide bonds. The van der Waals surface area contributed by atoms with Gasteiger partial charge in [-0.15, -0.1) is 0 Å². The van der Waals surface area contributed by atoms with E-state index in [0.717, 1.165) is 43.6 Å². The zero-order valence-corrected chi connectivity index (χ0v) is 10.3. The molecule has 0 unspecified atom stereocenters. The lowest BCUT2D eigenvalue weighted by molar-refractivity contribution is 0.126. The molecule has 4 nitrogen and oxygen atoms in total. The summed E-state index contributed by atoms with van der Waals surface area (Å²) >= 11 is 0. The second kappa shape index (κ2) is 5.87. The van der Waals surface area contributed by atoms with Crippen LogP contribution in [-0.2, 0) is 0 Å². The van der Waals surface area contributed by atoms with Gasteiger partial charge in [0.05, 0.1) is 29.9 Å². The van der Waals surface area contributed by atoms with Crippen LogP contribution in [0.4, 0.5) is 11.4 Å². The van der Waals surface area contributed by atoms with Crippen molar-refractivity contribution in [2.75, 3.05) is 17.2 Å². The van der Waals surface area contributed by atoms with E-state index in [2.05, 4.69) is 28.6 Å². The summed E-state index contributed by atoms with van der Waals surface area (Å²) in [4.78, 5) is 4.21. The number of aliphatic hydroxyl groups is 1. The Bertz CT molecular complexity index is 348. The summed E-state index contributed by atoms with van der Waals surface area (Å²) < 4.78 is 0. The maximum Gasteiger partial charge on any atom is 0.0549 e. The lowest BCUT2D eigenvalue weighted by atomic mass is 9.93. The largest absolute Gasteiger partial charge is 0.393 e. The number of rotatable bonds is 4. The number of hydrogen-bond donors (Lipinski definition) is 3. The Hall–Kier alpha value is -1.29. The number of aromatic nitrogens is 1. The molecular weight excluding hydrogens is 214 g/mol. The predicted molar refractivity (Wildman–Crippen MR) is 70.3 cm³/mol. The molecule has 0 spiro atoms.